The highest BCUT2D eigenvalue weighted by atomic mass is 32.2. The smallest absolute Gasteiger partial charge is 0.332 e. The lowest BCUT2D eigenvalue weighted by Gasteiger charge is -2.11. The van der Waals surface area contributed by atoms with Gasteiger partial charge in [0.15, 0.2) is 5.44 Å². The highest BCUT2D eigenvalue weighted by molar-refractivity contribution is 8.00. The van der Waals surface area contributed by atoms with Crippen molar-refractivity contribution in [1.29, 1.82) is 0 Å². The van der Waals surface area contributed by atoms with Crippen LogP contribution in [0, 0.1) is 0 Å². The van der Waals surface area contributed by atoms with E-state index in [0.717, 1.165) is 0 Å². The first-order valence-corrected chi connectivity index (χ1v) is 4.32. The molecule has 0 aromatic rings. The second kappa shape index (κ2) is 3.78. The Morgan fingerprint density at radius 2 is 2.64 bits per heavy atom. The van der Waals surface area contributed by atoms with Crippen molar-refractivity contribution in [2.75, 3.05) is 6.61 Å². The van der Waals surface area contributed by atoms with Gasteiger partial charge in [0.1, 0.15) is 0 Å². The number of aliphatic hydroxyl groups excluding tert-OH is 1. The molecule has 1 aliphatic rings. The molecule has 2 atom stereocenters. The number of carbonyl (C=O) groups excluding carboxylic acids is 1. The van der Waals surface area contributed by atoms with Gasteiger partial charge in [0, 0.05) is 11.3 Å². The molecule has 0 radical (unpaired) electrons. The van der Waals surface area contributed by atoms with Gasteiger partial charge in [-0.05, 0) is 6.08 Å². The largest absolute Gasteiger partial charge is 0.444 e. The Hall–Kier alpha value is -0.480. The SMILES string of the molecule is CC(CO)SC1C=CC(=O)O1. The summed E-state index contributed by atoms with van der Waals surface area (Å²) in [7, 11) is 0. The van der Waals surface area contributed by atoms with Crippen LogP contribution in [-0.2, 0) is 9.53 Å². The van der Waals surface area contributed by atoms with E-state index in [9.17, 15) is 4.79 Å². The number of ether oxygens (including phenoxy) is 1. The lowest BCUT2D eigenvalue weighted by atomic mass is 10.5. The molecule has 11 heavy (non-hydrogen) atoms. The number of aliphatic hydroxyl groups is 1. The number of thioether (sulfide) groups is 1. The normalized spacial score (nSPS) is 25.3. The molecule has 0 aliphatic carbocycles. The van der Waals surface area contributed by atoms with Crippen LogP contribution in [0.4, 0.5) is 0 Å². The van der Waals surface area contributed by atoms with Crippen molar-refractivity contribution in [2.45, 2.75) is 17.6 Å². The van der Waals surface area contributed by atoms with Crippen molar-refractivity contribution in [1.82, 2.24) is 0 Å². The Morgan fingerprint density at radius 1 is 1.91 bits per heavy atom. The zero-order valence-electron chi connectivity index (χ0n) is 6.19. The van der Waals surface area contributed by atoms with Crippen LogP contribution in [0.1, 0.15) is 6.92 Å². The van der Waals surface area contributed by atoms with Gasteiger partial charge in [-0.25, -0.2) is 4.79 Å². The van der Waals surface area contributed by atoms with Gasteiger partial charge in [-0.3, -0.25) is 0 Å². The van der Waals surface area contributed by atoms with Gasteiger partial charge in [-0.2, -0.15) is 0 Å². The maximum atomic E-state index is 10.5. The molecule has 3 nitrogen and oxygen atoms in total. The summed E-state index contributed by atoms with van der Waals surface area (Å²) in [5.41, 5.74) is -0.204. The Balaban J connectivity index is 2.29. The minimum atomic E-state index is -0.298. The number of esters is 1. The molecule has 1 heterocycles. The third kappa shape index (κ3) is 2.55. The molecule has 0 aromatic carbocycles. The zero-order chi connectivity index (χ0) is 8.27. The summed E-state index contributed by atoms with van der Waals surface area (Å²) in [5, 5.41) is 8.78. The van der Waals surface area contributed by atoms with Gasteiger partial charge in [-0.1, -0.05) is 6.92 Å². The summed E-state index contributed by atoms with van der Waals surface area (Å²) in [6.45, 7) is 1.98. The van der Waals surface area contributed by atoms with E-state index in [2.05, 4.69) is 0 Å². The fourth-order valence-electron chi connectivity index (χ4n) is 0.695. The topological polar surface area (TPSA) is 46.5 Å². The molecular weight excluding hydrogens is 164 g/mol. The van der Waals surface area contributed by atoms with Crippen molar-refractivity contribution < 1.29 is 14.6 Å². The highest BCUT2D eigenvalue weighted by Crippen LogP contribution is 2.22. The second-order valence-electron chi connectivity index (χ2n) is 2.29. The van der Waals surface area contributed by atoms with Gasteiger partial charge in [0.2, 0.25) is 0 Å². The molecular formula is C7H10O3S. The van der Waals surface area contributed by atoms with Gasteiger partial charge >= 0.3 is 5.97 Å². The average molecular weight is 174 g/mol. The van der Waals surface area contributed by atoms with Crippen molar-refractivity contribution in [3.8, 4) is 0 Å². The lowest BCUT2D eigenvalue weighted by Crippen LogP contribution is -2.11. The van der Waals surface area contributed by atoms with Crippen LogP contribution in [0.15, 0.2) is 12.2 Å². The molecule has 2 unspecified atom stereocenters. The molecule has 0 saturated carbocycles. The van der Waals surface area contributed by atoms with Crippen molar-refractivity contribution >= 4 is 17.7 Å². The summed E-state index contributed by atoms with van der Waals surface area (Å²) in [6, 6.07) is 0. The number of hydrogen-bond donors (Lipinski definition) is 1. The molecule has 0 spiro atoms. The Morgan fingerprint density at radius 3 is 3.09 bits per heavy atom. The first kappa shape index (κ1) is 8.62. The molecule has 62 valence electrons. The van der Waals surface area contributed by atoms with E-state index in [1.807, 2.05) is 6.92 Å². The van der Waals surface area contributed by atoms with E-state index in [0.29, 0.717) is 0 Å². The van der Waals surface area contributed by atoms with E-state index < -0.39 is 0 Å². The molecule has 0 aromatic heterocycles. The maximum absolute atomic E-state index is 10.5. The van der Waals surface area contributed by atoms with Gasteiger partial charge in [0.25, 0.3) is 0 Å². The van der Waals surface area contributed by atoms with Crippen molar-refractivity contribution in [3.05, 3.63) is 12.2 Å². The summed E-state index contributed by atoms with van der Waals surface area (Å²) in [6.07, 6.45) is 3.10. The molecule has 1 aliphatic heterocycles. The number of hydrogen-bond acceptors (Lipinski definition) is 4. The molecule has 0 saturated heterocycles. The number of cyclic esters (lactones) is 1. The fraction of sp³-hybridized carbons (Fsp3) is 0.571. The van der Waals surface area contributed by atoms with Crippen molar-refractivity contribution in [3.63, 3.8) is 0 Å². The highest BCUT2D eigenvalue weighted by Gasteiger charge is 2.18. The molecule has 4 heteroatoms. The van der Waals surface area contributed by atoms with Crippen molar-refractivity contribution in [2.24, 2.45) is 0 Å². The first-order chi connectivity index (χ1) is 5.22. The second-order valence-corrected chi connectivity index (χ2v) is 3.84. The van der Waals surface area contributed by atoms with E-state index in [-0.39, 0.29) is 23.3 Å². The summed E-state index contributed by atoms with van der Waals surface area (Å²) >= 11 is 1.43. The van der Waals surface area contributed by atoms with Gasteiger partial charge in [-0.15, -0.1) is 11.8 Å². The Kier molecular flexibility index (Phi) is 2.96. The van der Waals surface area contributed by atoms with Crippen LogP contribution < -0.4 is 0 Å². The quantitative estimate of drug-likeness (QED) is 0.634. The first-order valence-electron chi connectivity index (χ1n) is 3.37. The lowest BCUT2D eigenvalue weighted by molar-refractivity contribution is -0.135. The Labute approximate surface area is 69.4 Å². The summed E-state index contributed by atoms with van der Waals surface area (Å²) < 4.78 is 4.84. The average Bonchev–Trinajstić information content (AvgIpc) is 2.35. The predicted octanol–water partition coefficient (Wildman–Crippen LogP) is 0.539. The van der Waals surface area contributed by atoms with Crippen LogP contribution in [0.5, 0.6) is 0 Å². The van der Waals surface area contributed by atoms with E-state index in [4.69, 9.17) is 9.84 Å². The summed E-state index contributed by atoms with van der Waals surface area (Å²) in [5.74, 6) is -0.298. The van der Waals surface area contributed by atoms with Gasteiger partial charge < -0.3 is 9.84 Å². The van der Waals surface area contributed by atoms with Crippen LogP contribution in [-0.4, -0.2) is 28.4 Å². The standard InChI is InChI=1S/C7H10O3S/c1-5(4-8)11-7-3-2-6(9)10-7/h2-3,5,7-8H,4H2,1H3. The Bertz CT molecular complexity index is 179. The number of carbonyl (C=O) groups is 1. The maximum Gasteiger partial charge on any atom is 0.332 e. The van der Waals surface area contributed by atoms with E-state index >= 15 is 0 Å². The zero-order valence-corrected chi connectivity index (χ0v) is 7.00. The van der Waals surface area contributed by atoms with E-state index in [1.54, 1.807) is 6.08 Å². The third-order valence-corrected chi connectivity index (χ3v) is 2.38. The van der Waals surface area contributed by atoms with Crippen LogP contribution in [0.2, 0.25) is 0 Å². The monoisotopic (exact) mass is 174 g/mol. The van der Waals surface area contributed by atoms with Crippen LogP contribution in [0.3, 0.4) is 0 Å². The number of rotatable bonds is 3. The fourth-order valence-corrected chi connectivity index (χ4v) is 1.56. The molecule has 0 amide bonds. The molecule has 1 rings (SSSR count). The minimum Gasteiger partial charge on any atom is -0.444 e. The van der Waals surface area contributed by atoms with Crippen LogP contribution >= 0.6 is 11.8 Å². The molecule has 0 fully saturated rings. The summed E-state index contributed by atoms with van der Waals surface area (Å²) in [4.78, 5) is 10.5. The third-order valence-electron chi connectivity index (χ3n) is 1.25. The van der Waals surface area contributed by atoms with Crippen LogP contribution in [0.25, 0.3) is 0 Å². The molecule has 0 bridgehead atoms. The minimum absolute atomic E-state index is 0.104. The van der Waals surface area contributed by atoms with Gasteiger partial charge in [0.05, 0.1) is 6.61 Å². The van der Waals surface area contributed by atoms with E-state index in [1.165, 1.54) is 17.8 Å². The molecule has 1 N–H and O–H groups in total. The predicted molar refractivity (Wildman–Crippen MR) is 43.2 cm³/mol.